The summed E-state index contributed by atoms with van der Waals surface area (Å²) in [6.07, 6.45) is -2.81. The van der Waals surface area contributed by atoms with E-state index in [9.17, 15) is 27.2 Å². The molecule has 0 spiro atoms. The second-order valence-electron chi connectivity index (χ2n) is 11.7. The van der Waals surface area contributed by atoms with Crippen LogP contribution in [0.2, 0.25) is 0 Å². The third-order valence-corrected chi connectivity index (χ3v) is 8.76. The topological polar surface area (TPSA) is 59.3 Å². The Labute approximate surface area is 238 Å². The van der Waals surface area contributed by atoms with E-state index in [4.69, 9.17) is 4.42 Å². The van der Waals surface area contributed by atoms with Crippen molar-refractivity contribution < 1.29 is 36.0 Å². The van der Waals surface area contributed by atoms with Crippen molar-refractivity contribution in [1.82, 2.24) is 5.32 Å². The van der Waals surface area contributed by atoms with Gasteiger partial charge in [0.25, 0.3) is 5.91 Å². The van der Waals surface area contributed by atoms with Gasteiger partial charge in [-0.1, -0.05) is 0 Å². The Morgan fingerprint density at radius 2 is 1.69 bits per heavy atom. The van der Waals surface area contributed by atoms with Crippen molar-refractivity contribution >= 4 is 22.7 Å². The van der Waals surface area contributed by atoms with Crippen LogP contribution < -0.4 is 5.32 Å². The summed E-state index contributed by atoms with van der Waals surface area (Å²) in [6, 6.07) is 11.0. The number of hydrogen-bond donors (Lipinski definition) is 1. The monoisotopic (exact) mass is 581 g/mol. The summed E-state index contributed by atoms with van der Waals surface area (Å²) >= 11 is 0. The van der Waals surface area contributed by atoms with E-state index in [1.54, 1.807) is 13.0 Å². The number of alkyl halides is 3. The lowest BCUT2D eigenvalue weighted by Gasteiger charge is -2.62. The lowest BCUT2D eigenvalue weighted by Crippen LogP contribution is -2.52. The third-order valence-electron chi connectivity index (χ3n) is 8.76. The fourth-order valence-corrected chi connectivity index (χ4v) is 6.56. The number of halogens is 5. The molecule has 9 heteroatoms. The summed E-state index contributed by atoms with van der Waals surface area (Å²) in [6.45, 7) is 1.63. The fourth-order valence-electron chi connectivity index (χ4n) is 6.56. The zero-order valence-electron chi connectivity index (χ0n) is 23.1. The summed E-state index contributed by atoms with van der Waals surface area (Å²) in [4.78, 5) is 26.3. The zero-order valence-corrected chi connectivity index (χ0v) is 23.1. The number of carbonyl (C=O) groups is 2. The average molecular weight is 582 g/mol. The lowest BCUT2D eigenvalue weighted by atomic mass is 9.43. The van der Waals surface area contributed by atoms with Gasteiger partial charge in [0.05, 0.1) is 11.1 Å². The SMILES string of the molecule is CNC(=O)c1c(-c2ccc(F)cc2)oc2cc(CCC(F)(F)F)c(-c3cc(C(=O)CC45CC(C4)C5)c(F)cc3C)cc12. The van der Waals surface area contributed by atoms with Crippen LogP contribution in [0.25, 0.3) is 33.4 Å². The van der Waals surface area contributed by atoms with E-state index < -0.39 is 36.6 Å². The Balaban J connectivity index is 1.53. The number of ketones is 1. The number of hydrogen-bond acceptors (Lipinski definition) is 3. The molecule has 0 radical (unpaired) electrons. The van der Waals surface area contributed by atoms with Gasteiger partial charge >= 0.3 is 6.18 Å². The molecule has 4 aromatic rings. The van der Waals surface area contributed by atoms with Gasteiger partial charge in [-0.15, -0.1) is 0 Å². The number of Topliss-reactive ketones (excluding diaryl/α,β-unsaturated/α-hetero) is 1. The highest BCUT2D eigenvalue weighted by molar-refractivity contribution is 6.12. The minimum atomic E-state index is -4.44. The number of carbonyl (C=O) groups excluding carboxylic acids is 2. The Morgan fingerprint density at radius 1 is 1.00 bits per heavy atom. The van der Waals surface area contributed by atoms with Crippen molar-refractivity contribution in [3.8, 4) is 22.5 Å². The first kappa shape index (κ1) is 28.1. The van der Waals surface area contributed by atoms with Crippen LogP contribution in [0, 0.1) is 29.9 Å². The normalized spacial score (nSPS) is 19.4. The van der Waals surface area contributed by atoms with Crippen molar-refractivity contribution in [2.45, 2.75) is 51.6 Å². The van der Waals surface area contributed by atoms with Crippen LogP contribution in [0.1, 0.15) is 63.9 Å². The first-order valence-electron chi connectivity index (χ1n) is 13.8. The van der Waals surface area contributed by atoms with Gasteiger partial charge in [-0.3, -0.25) is 9.59 Å². The van der Waals surface area contributed by atoms with Gasteiger partial charge in [-0.25, -0.2) is 8.78 Å². The number of amides is 1. The largest absolute Gasteiger partial charge is 0.455 e. The lowest BCUT2D eigenvalue weighted by molar-refractivity contribution is -0.133. The van der Waals surface area contributed by atoms with Gasteiger partial charge in [0.15, 0.2) is 5.78 Å². The van der Waals surface area contributed by atoms with Gasteiger partial charge in [-0.05, 0) is 115 Å². The van der Waals surface area contributed by atoms with Crippen molar-refractivity contribution in [3.05, 3.63) is 82.4 Å². The summed E-state index contributed by atoms with van der Waals surface area (Å²) in [5.74, 6) is -1.19. The Morgan fingerprint density at radius 3 is 2.29 bits per heavy atom. The number of benzene rings is 3. The number of rotatable bonds is 8. The summed E-state index contributed by atoms with van der Waals surface area (Å²) in [5.41, 5.74) is 2.03. The molecule has 2 bridgehead atoms. The Kier molecular flexibility index (Phi) is 6.74. The minimum absolute atomic E-state index is 0.0496. The predicted molar refractivity (Wildman–Crippen MR) is 148 cm³/mol. The molecule has 0 saturated heterocycles. The molecular weight excluding hydrogens is 553 g/mol. The smallest absolute Gasteiger partial charge is 0.389 e. The number of fused-ring (bicyclic) bond motifs is 1. The second kappa shape index (κ2) is 10.1. The highest BCUT2D eigenvalue weighted by Gasteiger charge is 2.57. The summed E-state index contributed by atoms with van der Waals surface area (Å²) < 4.78 is 74.9. The molecule has 0 unspecified atom stereocenters. The van der Waals surface area contributed by atoms with Crippen LogP contribution in [0.4, 0.5) is 22.0 Å². The number of nitrogens with one attached hydrogen (secondary N) is 1. The first-order valence-corrected chi connectivity index (χ1v) is 13.8. The van der Waals surface area contributed by atoms with E-state index in [1.807, 2.05) is 0 Å². The molecule has 7 rings (SSSR count). The van der Waals surface area contributed by atoms with Gasteiger partial charge < -0.3 is 9.73 Å². The Hall–Kier alpha value is -4.01. The van der Waals surface area contributed by atoms with Crippen molar-refractivity contribution in [3.63, 3.8) is 0 Å². The molecule has 0 aliphatic heterocycles. The summed E-state index contributed by atoms with van der Waals surface area (Å²) in [7, 11) is 1.43. The molecular formula is C33H28F5NO3. The quantitative estimate of drug-likeness (QED) is 0.168. The van der Waals surface area contributed by atoms with Crippen LogP contribution in [-0.2, 0) is 6.42 Å². The van der Waals surface area contributed by atoms with E-state index >= 15 is 4.39 Å². The second-order valence-corrected chi connectivity index (χ2v) is 11.7. The third kappa shape index (κ3) is 4.99. The minimum Gasteiger partial charge on any atom is -0.455 e. The molecule has 3 fully saturated rings. The molecule has 3 aliphatic rings. The highest BCUT2D eigenvalue weighted by Crippen LogP contribution is 2.66. The van der Waals surface area contributed by atoms with Gasteiger partial charge in [0.2, 0.25) is 0 Å². The van der Waals surface area contributed by atoms with Crippen LogP contribution >= 0.6 is 0 Å². The van der Waals surface area contributed by atoms with E-state index in [0.29, 0.717) is 33.6 Å². The van der Waals surface area contributed by atoms with Crippen LogP contribution in [0.3, 0.4) is 0 Å². The molecule has 4 nitrogen and oxygen atoms in total. The van der Waals surface area contributed by atoms with E-state index in [0.717, 1.165) is 19.3 Å². The van der Waals surface area contributed by atoms with E-state index in [1.165, 1.54) is 49.5 Å². The van der Waals surface area contributed by atoms with Crippen molar-refractivity contribution in [1.29, 1.82) is 0 Å². The first-order chi connectivity index (χ1) is 19.9. The van der Waals surface area contributed by atoms with Crippen LogP contribution in [0.5, 0.6) is 0 Å². The summed E-state index contributed by atoms with van der Waals surface area (Å²) in [5, 5.41) is 2.89. The highest BCUT2D eigenvalue weighted by atomic mass is 19.4. The molecule has 0 atom stereocenters. The molecule has 3 aliphatic carbocycles. The molecule has 3 aromatic carbocycles. The molecule has 1 heterocycles. The maximum absolute atomic E-state index is 15.1. The zero-order chi connectivity index (χ0) is 30.0. The van der Waals surface area contributed by atoms with Crippen LogP contribution in [0.15, 0.2) is 52.9 Å². The predicted octanol–water partition coefficient (Wildman–Crippen LogP) is 8.58. The molecule has 3 saturated carbocycles. The maximum Gasteiger partial charge on any atom is 0.389 e. The molecule has 1 amide bonds. The van der Waals surface area contributed by atoms with Gasteiger partial charge in [0.1, 0.15) is 23.0 Å². The molecule has 1 N–H and O–H groups in total. The fraction of sp³-hybridized carbons (Fsp3) is 0.333. The van der Waals surface area contributed by atoms with Gasteiger partial charge in [-0.2, -0.15) is 13.2 Å². The maximum atomic E-state index is 15.1. The van der Waals surface area contributed by atoms with Crippen LogP contribution in [-0.4, -0.2) is 24.9 Å². The molecule has 42 heavy (non-hydrogen) atoms. The van der Waals surface area contributed by atoms with E-state index in [-0.39, 0.29) is 45.7 Å². The number of aryl methyl sites for hydroxylation is 2. The molecule has 1 aromatic heterocycles. The standard InChI is InChI=1S/C33H28F5NO3/c1-17-9-26(35)24(27(40)16-32-13-18(14-32)15-32)11-22(17)23-12-25-28(10-20(23)7-8-33(36,37)38)42-30(29(25)31(41)39-2)19-3-5-21(34)6-4-19/h3-6,9-12,18H,7-8,13-16H2,1-2H3,(H,39,41). The van der Waals surface area contributed by atoms with Crippen molar-refractivity contribution in [2.75, 3.05) is 7.05 Å². The van der Waals surface area contributed by atoms with E-state index in [2.05, 4.69) is 5.32 Å². The number of furan rings is 1. The average Bonchev–Trinajstić information content (AvgIpc) is 3.26. The Bertz CT molecular complexity index is 1720. The van der Waals surface area contributed by atoms with Gasteiger partial charge in [0, 0.05) is 30.8 Å². The molecule has 218 valence electrons. The van der Waals surface area contributed by atoms with Crippen molar-refractivity contribution in [2.24, 2.45) is 11.3 Å².